The lowest BCUT2D eigenvalue weighted by Crippen LogP contribution is -2.30. The van der Waals surface area contributed by atoms with Gasteiger partial charge in [-0.15, -0.1) is 0 Å². The summed E-state index contributed by atoms with van der Waals surface area (Å²) in [5.74, 6) is -2.23. The predicted molar refractivity (Wildman–Crippen MR) is 60.0 cm³/mol. The molecule has 0 saturated heterocycles. The molecular weight excluding hydrogens is 266 g/mol. The van der Waals surface area contributed by atoms with Crippen molar-refractivity contribution in [1.82, 2.24) is 5.32 Å². The average molecular weight is 279 g/mol. The van der Waals surface area contributed by atoms with E-state index >= 15 is 0 Å². The number of alkyl halides is 3. The third kappa shape index (κ3) is 4.20. The smallest absolute Gasteiger partial charge is 0.396 e. The van der Waals surface area contributed by atoms with Crippen molar-refractivity contribution in [2.45, 2.75) is 13.1 Å². The van der Waals surface area contributed by atoms with Crippen molar-refractivity contribution >= 4 is 5.91 Å². The molecule has 0 aliphatic heterocycles. The van der Waals surface area contributed by atoms with Gasteiger partial charge in [-0.2, -0.15) is 13.2 Å². The van der Waals surface area contributed by atoms with Crippen LogP contribution in [0.1, 0.15) is 22.8 Å². The minimum absolute atomic E-state index is 0.0466. The maximum Gasteiger partial charge on any atom is 0.416 e. The molecule has 0 bridgehead atoms. The van der Waals surface area contributed by atoms with Crippen LogP contribution in [0.2, 0.25) is 0 Å². The Balaban J connectivity index is 2.90. The molecule has 1 rings (SSSR count). The molecule has 0 aliphatic carbocycles. The fraction of sp³-hybridized carbons (Fsp3) is 0.417. The van der Waals surface area contributed by atoms with Crippen LogP contribution >= 0.6 is 0 Å². The Hall–Kier alpha value is -1.63. The van der Waals surface area contributed by atoms with Crippen LogP contribution in [0.25, 0.3) is 0 Å². The summed E-state index contributed by atoms with van der Waals surface area (Å²) in [5.41, 5.74) is -1.76. The SMILES string of the molecule is CC(CO)CNC(=O)c1cc(C(F)(F)F)ccc1F. The van der Waals surface area contributed by atoms with Gasteiger partial charge < -0.3 is 10.4 Å². The Bertz CT molecular complexity index is 460. The third-order valence-corrected chi connectivity index (χ3v) is 2.46. The second kappa shape index (κ2) is 6.01. The molecule has 0 heterocycles. The second-order valence-electron chi connectivity index (χ2n) is 4.19. The summed E-state index contributed by atoms with van der Waals surface area (Å²) in [6.45, 7) is 1.49. The molecule has 0 saturated carbocycles. The normalized spacial score (nSPS) is 13.2. The number of hydrogen-bond donors (Lipinski definition) is 2. The van der Waals surface area contributed by atoms with Gasteiger partial charge in [-0.05, 0) is 24.1 Å². The maximum absolute atomic E-state index is 13.3. The lowest BCUT2D eigenvalue weighted by atomic mass is 10.1. The lowest BCUT2D eigenvalue weighted by Gasteiger charge is -2.12. The molecular formula is C12H13F4NO2. The van der Waals surface area contributed by atoms with Crippen LogP contribution in [0.3, 0.4) is 0 Å². The van der Waals surface area contributed by atoms with Gasteiger partial charge in [-0.25, -0.2) is 4.39 Å². The van der Waals surface area contributed by atoms with Crippen molar-refractivity contribution in [3.05, 3.63) is 35.1 Å². The molecule has 0 radical (unpaired) electrons. The molecule has 1 aromatic rings. The van der Waals surface area contributed by atoms with E-state index < -0.39 is 29.0 Å². The van der Waals surface area contributed by atoms with E-state index in [2.05, 4.69) is 5.32 Å². The number of carbonyl (C=O) groups is 1. The van der Waals surface area contributed by atoms with E-state index in [1.54, 1.807) is 6.92 Å². The van der Waals surface area contributed by atoms with Gasteiger partial charge in [-0.3, -0.25) is 4.79 Å². The summed E-state index contributed by atoms with van der Waals surface area (Å²) >= 11 is 0. The van der Waals surface area contributed by atoms with Gasteiger partial charge in [0.2, 0.25) is 0 Å². The fourth-order valence-electron chi connectivity index (χ4n) is 1.30. The summed E-state index contributed by atoms with van der Waals surface area (Å²) in [5, 5.41) is 11.0. The van der Waals surface area contributed by atoms with Crippen LogP contribution in [0, 0.1) is 11.7 Å². The van der Waals surface area contributed by atoms with Gasteiger partial charge in [0.1, 0.15) is 5.82 Å². The minimum atomic E-state index is -4.64. The molecule has 1 atom stereocenters. The monoisotopic (exact) mass is 279 g/mol. The van der Waals surface area contributed by atoms with Crippen molar-refractivity contribution in [2.24, 2.45) is 5.92 Å². The molecule has 1 amide bonds. The van der Waals surface area contributed by atoms with E-state index in [0.717, 1.165) is 0 Å². The van der Waals surface area contributed by atoms with E-state index in [4.69, 9.17) is 5.11 Å². The molecule has 7 heteroatoms. The highest BCUT2D eigenvalue weighted by molar-refractivity contribution is 5.94. The quantitative estimate of drug-likeness (QED) is 0.830. The first-order valence-corrected chi connectivity index (χ1v) is 5.51. The fourth-order valence-corrected chi connectivity index (χ4v) is 1.30. The number of aliphatic hydroxyl groups is 1. The van der Waals surface area contributed by atoms with E-state index in [1.165, 1.54) is 0 Å². The number of aliphatic hydroxyl groups excluding tert-OH is 1. The molecule has 3 nitrogen and oxygen atoms in total. The van der Waals surface area contributed by atoms with Gasteiger partial charge in [-0.1, -0.05) is 6.92 Å². The number of rotatable bonds is 4. The molecule has 106 valence electrons. The average Bonchev–Trinajstić information content (AvgIpc) is 2.34. The van der Waals surface area contributed by atoms with Crippen molar-refractivity contribution in [3.63, 3.8) is 0 Å². The number of nitrogens with one attached hydrogen (secondary N) is 1. The highest BCUT2D eigenvalue weighted by Crippen LogP contribution is 2.30. The predicted octanol–water partition coefficient (Wildman–Crippen LogP) is 2.20. The van der Waals surface area contributed by atoms with E-state index in [9.17, 15) is 22.4 Å². The first-order chi connectivity index (χ1) is 8.75. The molecule has 19 heavy (non-hydrogen) atoms. The zero-order valence-electron chi connectivity index (χ0n) is 10.1. The molecule has 2 N–H and O–H groups in total. The van der Waals surface area contributed by atoms with Crippen molar-refractivity contribution in [1.29, 1.82) is 0 Å². The first-order valence-electron chi connectivity index (χ1n) is 5.51. The van der Waals surface area contributed by atoms with Gasteiger partial charge in [0, 0.05) is 13.2 Å². The number of amides is 1. The van der Waals surface area contributed by atoms with Gasteiger partial charge in [0.15, 0.2) is 0 Å². The topological polar surface area (TPSA) is 49.3 Å². The molecule has 0 fully saturated rings. The third-order valence-electron chi connectivity index (χ3n) is 2.46. The second-order valence-corrected chi connectivity index (χ2v) is 4.19. The highest BCUT2D eigenvalue weighted by Gasteiger charge is 2.31. The summed E-state index contributed by atoms with van der Waals surface area (Å²) in [6, 6.07) is 1.64. The van der Waals surface area contributed by atoms with E-state index in [1.807, 2.05) is 0 Å². The minimum Gasteiger partial charge on any atom is -0.396 e. The molecule has 1 aromatic carbocycles. The van der Waals surface area contributed by atoms with Crippen LogP contribution in [0.15, 0.2) is 18.2 Å². The van der Waals surface area contributed by atoms with Crippen LogP contribution in [-0.2, 0) is 6.18 Å². The van der Waals surface area contributed by atoms with Crippen LogP contribution in [0.4, 0.5) is 17.6 Å². The maximum atomic E-state index is 13.3. The summed E-state index contributed by atoms with van der Waals surface area (Å²) < 4.78 is 50.7. The first kappa shape index (κ1) is 15.4. The Morgan fingerprint density at radius 2 is 2.05 bits per heavy atom. The van der Waals surface area contributed by atoms with Gasteiger partial charge in [0.25, 0.3) is 5.91 Å². The van der Waals surface area contributed by atoms with Gasteiger partial charge in [0.05, 0.1) is 11.1 Å². The van der Waals surface area contributed by atoms with E-state index in [0.29, 0.717) is 18.2 Å². The Morgan fingerprint density at radius 1 is 1.42 bits per heavy atom. The molecule has 0 aliphatic rings. The molecule has 0 aromatic heterocycles. The largest absolute Gasteiger partial charge is 0.416 e. The number of benzene rings is 1. The number of halogens is 4. The van der Waals surface area contributed by atoms with Crippen LogP contribution < -0.4 is 5.32 Å². The van der Waals surface area contributed by atoms with Crippen LogP contribution in [0.5, 0.6) is 0 Å². The molecule has 0 spiro atoms. The number of hydrogen-bond acceptors (Lipinski definition) is 2. The zero-order chi connectivity index (χ0) is 14.6. The standard InChI is InChI=1S/C12H13F4NO2/c1-7(6-18)5-17-11(19)9-4-8(12(14,15)16)2-3-10(9)13/h2-4,7,18H,5-6H2,1H3,(H,17,19). The van der Waals surface area contributed by atoms with Crippen molar-refractivity contribution in [2.75, 3.05) is 13.2 Å². The lowest BCUT2D eigenvalue weighted by molar-refractivity contribution is -0.137. The summed E-state index contributed by atoms with van der Waals surface area (Å²) in [4.78, 5) is 11.6. The number of carbonyl (C=O) groups excluding carboxylic acids is 1. The summed E-state index contributed by atoms with van der Waals surface area (Å²) in [7, 11) is 0. The molecule has 1 unspecified atom stereocenters. The van der Waals surface area contributed by atoms with Gasteiger partial charge >= 0.3 is 6.18 Å². The highest BCUT2D eigenvalue weighted by atomic mass is 19.4. The zero-order valence-corrected chi connectivity index (χ0v) is 10.1. The van der Waals surface area contributed by atoms with E-state index in [-0.39, 0.29) is 19.1 Å². The van der Waals surface area contributed by atoms with Crippen LogP contribution in [-0.4, -0.2) is 24.2 Å². The Morgan fingerprint density at radius 3 is 2.58 bits per heavy atom. The van der Waals surface area contributed by atoms with Crippen molar-refractivity contribution < 1.29 is 27.5 Å². The Kier molecular flexibility index (Phi) is 4.88. The van der Waals surface area contributed by atoms with Crippen molar-refractivity contribution in [3.8, 4) is 0 Å². The summed E-state index contributed by atoms with van der Waals surface area (Å²) in [6.07, 6.45) is -4.64. The Labute approximate surface area is 107 Å².